The lowest BCUT2D eigenvalue weighted by Gasteiger charge is -2.20. The van der Waals surface area contributed by atoms with Gasteiger partial charge in [0, 0.05) is 26.2 Å². The quantitative estimate of drug-likeness (QED) is 0.855. The molecule has 140 valence electrons. The molecule has 2 aromatic carbocycles. The van der Waals surface area contributed by atoms with E-state index < -0.39 is 6.04 Å². The molecule has 3 rings (SSSR count). The van der Waals surface area contributed by atoms with Gasteiger partial charge in [-0.2, -0.15) is 5.10 Å². The lowest BCUT2D eigenvalue weighted by molar-refractivity contribution is -0.118. The minimum atomic E-state index is -0.479. The molecule has 0 fully saturated rings. The maximum atomic E-state index is 12.7. The summed E-state index contributed by atoms with van der Waals surface area (Å²) in [5.74, 6) is -0.378. The van der Waals surface area contributed by atoms with Gasteiger partial charge in [-0.1, -0.05) is 29.8 Å². The molecule has 1 heterocycles. The summed E-state index contributed by atoms with van der Waals surface area (Å²) in [5.41, 5.74) is 2.53. The lowest BCUT2D eigenvalue weighted by atomic mass is 10.1. The molecule has 0 aliphatic carbocycles. The second kappa shape index (κ2) is 7.80. The van der Waals surface area contributed by atoms with Gasteiger partial charge < -0.3 is 10.2 Å². The second-order valence-electron chi connectivity index (χ2n) is 6.57. The molecule has 0 saturated heterocycles. The average Bonchev–Trinajstić information content (AvgIpc) is 3.08. The minimum absolute atomic E-state index is 0.0382. The van der Waals surface area contributed by atoms with Crippen LogP contribution in [0.3, 0.4) is 0 Å². The van der Waals surface area contributed by atoms with E-state index in [0.717, 1.165) is 11.4 Å². The number of nitrogens with one attached hydrogen (secondary N) is 1. The number of halogens is 1. The van der Waals surface area contributed by atoms with Crippen LogP contribution in [-0.4, -0.2) is 37.5 Å². The van der Waals surface area contributed by atoms with Crippen molar-refractivity contribution < 1.29 is 9.59 Å². The predicted octanol–water partition coefficient (Wildman–Crippen LogP) is 3.57. The van der Waals surface area contributed by atoms with Crippen LogP contribution in [0.15, 0.2) is 53.6 Å². The molecule has 1 amide bonds. The molecule has 0 spiro atoms. The molecule has 1 aliphatic rings. The summed E-state index contributed by atoms with van der Waals surface area (Å²) >= 11 is 6.26. The van der Waals surface area contributed by atoms with E-state index in [-0.39, 0.29) is 18.1 Å². The van der Waals surface area contributed by atoms with Crippen LogP contribution < -0.4 is 15.2 Å². The highest BCUT2D eigenvalue weighted by molar-refractivity contribution is 6.44. The van der Waals surface area contributed by atoms with Crippen molar-refractivity contribution in [1.29, 1.82) is 0 Å². The highest BCUT2D eigenvalue weighted by Crippen LogP contribution is 2.28. The average molecular weight is 385 g/mol. The molecule has 27 heavy (non-hydrogen) atoms. The van der Waals surface area contributed by atoms with Crippen LogP contribution in [-0.2, 0) is 9.59 Å². The molecular weight excluding hydrogens is 364 g/mol. The maximum absolute atomic E-state index is 12.7. The van der Waals surface area contributed by atoms with Crippen molar-refractivity contribution >= 4 is 46.1 Å². The topological polar surface area (TPSA) is 65.0 Å². The van der Waals surface area contributed by atoms with Gasteiger partial charge in [-0.05, 0) is 37.3 Å². The number of hydrogen-bond acceptors (Lipinski definition) is 5. The fourth-order valence-electron chi connectivity index (χ4n) is 2.93. The van der Waals surface area contributed by atoms with E-state index in [1.165, 1.54) is 6.92 Å². The number of Topliss-reactive ketones (excluding diaryl/α,β-unsaturated/α-hetero) is 1. The maximum Gasteiger partial charge on any atom is 0.271 e. The summed E-state index contributed by atoms with van der Waals surface area (Å²) < 4.78 is 0. The molecule has 0 unspecified atom stereocenters. The lowest BCUT2D eigenvalue weighted by Crippen LogP contribution is -2.33. The molecule has 0 saturated carbocycles. The van der Waals surface area contributed by atoms with Gasteiger partial charge in [0.25, 0.3) is 5.91 Å². The summed E-state index contributed by atoms with van der Waals surface area (Å²) in [6.45, 7) is 1.51. The van der Waals surface area contributed by atoms with E-state index in [0.29, 0.717) is 16.4 Å². The fourth-order valence-corrected chi connectivity index (χ4v) is 3.28. The Kier molecular flexibility index (Phi) is 5.46. The number of para-hydroxylation sites is 1. The second-order valence-corrected chi connectivity index (χ2v) is 6.98. The number of hydrazone groups is 1. The van der Waals surface area contributed by atoms with Crippen molar-refractivity contribution in [3.05, 3.63) is 53.6 Å². The molecule has 6 nitrogen and oxygen atoms in total. The third-order valence-corrected chi connectivity index (χ3v) is 4.65. The normalized spacial score (nSPS) is 16.1. The van der Waals surface area contributed by atoms with Crippen molar-refractivity contribution in [1.82, 2.24) is 0 Å². The first kappa shape index (κ1) is 18.9. The summed E-state index contributed by atoms with van der Waals surface area (Å²) in [5, 5.41) is 9.36. The van der Waals surface area contributed by atoms with Crippen molar-refractivity contribution in [3.8, 4) is 0 Å². The SMILES string of the molecule is CC(=O)[C@@H]1CC(C(=O)Nc2ccc(N(C)C)c(Cl)c2)=NN1c1ccccc1. The van der Waals surface area contributed by atoms with E-state index in [2.05, 4.69) is 10.4 Å². The van der Waals surface area contributed by atoms with E-state index in [1.807, 2.05) is 55.4 Å². The Bertz CT molecular complexity index is 896. The standard InChI is InChI=1S/C20H21ClN4O2/c1-13(26)19-12-17(23-25(19)15-7-5-4-6-8-15)20(27)22-14-9-10-18(24(2)3)16(21)11-14/h4-11,19H,12H2,1-3H3,(H,22,27)/t19-/m0/s1. The van der Waals surface area contributed by atoms with Crippen LogP contribution in [0.1, 0.15) is 13.3 Å². The molecule has 0 radical (unpaired) electrons. The first-order chi connectivity index (χ1) is 12.9. The molecule has 1 N–H and O–H groups in total. The Labute approximate surface area is 163 Å². The van der Waals surface area contributed by atoms with Crippen LogP contribution in [0.25, 0.3) is 0 Å². The van der Waals surface area contributed by atoms with Crippen LogP contribution in [0.4, 0.5) is 17.1 Å². The third-order valence-electron chi connectivity index (χ3n) is 4.35. The summed E-state index contributed by atoms with van der Waals surface area (Å²) in [7, 11) is 3.79. The van der Waals surface area contributed by atoms with Crippen LogP contribution in [0.2, 0.25) is 5.02 Å². The number of anilines is 3. The molecule has 1 atom stereocenters. The highest BCUT2D eigenvalue weighted by Gasteiger charge is 2.34. The van der Waals surface area contributed by atoms with E-state index in [4.69, 9.17) is 11.6 Å². The van der Waals surface area contributed by atoms with Crippen molar-refractivity contribution in [3.63, 3.8) is 0 Å². The molecule has 0 aromatic heterocycles. The van der Waals surface area contributed by atoms with Crippen molar-refractivity contribution in [2.75, 3.05) is 29.3 Å². The summed E-state index contributed by atoms with van der Waals surface area (Å²) in [4.78, 5) is 26.6. The number of benzene rings is 2. The van der Waals surface area contributed by atoms with Gasteiger partial charge in [-0.15, -0.1) is 0 Å². The Hall–Kier alpha value is -2.86. The van der Waals surface area contributed by atoms with Gasteiger partial charge in [-0.25, -0.2) is 0 Å². The summed E-state index contributed by atoms with van der Waals surface area (Å²) in [6.07, 6.45) is 0.263. The van der Waals surface area contributed by atoms with Gasteiger partial charge >= 0.3 is 0 Å². The Balaban J connectivity index is 1.80. The third kappa shape index (κ3) is 4.11. The number of carbonyl (C=O) groups excluding carboxylic acids is 2. The molecule has 7 heteroatoms. The number of carbonyl (C=O) groups is 2. The van der Waals surface area contributed by atoms with Gasteiger partial charge in [0.05, 0.1) is 16.4 Å². The number of nitrogens with zero attached hydrogens (tertiary/aromatic N) is 3. The Morgan fingerprint density at radius 2 is 1.89 bits per heavy atom. The Morgan fingerprint density at radius 1 is 1.19 bits per heavy atom. The van der Waals surface area contributed by atoms with Gasteiger partial charge in [0.15, 0.2) is 5.78 Å². The monoisotopic (exact) mass is 384 g/mol. The number of ketones is 1. The zero-order valence-electron chi connectivity index (χ0n) is 15.4. The zero-order chi connectivity index (χ0) is 19.6. The Morgan fingerprint density at radius 3 is 2.48 bits per heavy atom. The van der Waals surface area contributed by atoms with E-state index >= 15 is 0 Å². The predicted molar refractivity (Wildman–Crippen MR) is 110 cm³/mol. The van der Waals surface area contributed by atoms with Crippen LogP contribution in [0.5, 0.6) is 0 Å². The van der Waals surface area contributed by atoms with E-state index in [9.17, 15) is 9.59 Å². The molecule has 1 aliphatic heterocycles. The first-order valence-corrected chi connectivity index (χ1v) is 8.95. The van der Waals surface area contributed by atoms with E-state index in [1.54, 1.807) is 17.1 Å². The zero-order valence-corrected chi connectivity index (χ0v) is 16.2. The number of rotatable bonds is 5. The molecule has 0 bridgehead atoms. The first-order valence-electron chi connectivity index (χ1n) is 8.57. The largest absolute Gasteiger partial charge is 0.376 e. The minimum Gasteiger partial charge on any atom is -0.376 e. The number of amides is 1. The van der Waals surface area contributed by atoms with Gasteiger partial charge in [0.1, 0.15) is 11.8 Å². The highest BCUT2D eigenvalue weighted by atomic mass is 35.5. The van der Waals surface area contributed by atoms with Crippen LogP contribution in [0, 0.1) is 0 Å². The molecular formula is C20H21ClN4O2. The van der Waals surface area contributed by atoms with Crippen molar-refractivity contribution in [2.24, 2.45) is 5.10 Å². The summed E-state index contributed by atoms with van der Waals surface area (Å²) in [6, 6.07) is 14.2. The smallest absolute Gasteiger partial charge is 0.271 e. The molecule has 2 aromatic rings. The van der Waals surface area contributed by atoms with Gasteiger partial charge in [-0.3, -0.25) is 14.6 Å². The van der Waals surface area contributed by atoms with Crippen LogP contribution >= 0.6 is 11.6 Å². The van der Waals surface area contributed by atoms with Gasteiger partial charge in [0.2, 0.25) is 0 Å². The fraction of sp³-hybridized carbons (Fsp3) is 0.250. The van der Waals surface area contributed by atoms with Crippen molar-refractivity contribution in [2.45, 2.75) is 19.4 Å². The number of hydrogen-bond donors (Lipinski definition) is 1.